The second-order valence-electron chi connectivity index (χ2n) is 7.96. The molecule has 3 aromatic carbocycles. The highest BCUT2D eigenvalue weighted by atomic mass is 32.2. The Hall–Kier alpha value is -3.78. The van der Waals surface area contributed by atoms with Crippen molar-refractivity contribution in [3.63, 3.8) is 0 Å². The van der Waals surface area contributed by atoms with Gasteiger partial charge in [-0.05, 0) is 55.8 Å². The zero-order valence-corrected chi connectivity index (χ0v) is 20.0. The SMILES string of the molecule is COc1ccc(C)cc1-n1c(=O)c2ccccc2n2c(SCCOc3ccc(C)cc3)nnc12. The van der Waals surface area contributed by atoms with Crippen LogP contribution in [0, 0.1) is 13.8 Å². The number of aryl methyl sites for hydroxylation is 2. The number of nitrogens with zero attached hydrogens (tertiary/aromatic N) is 4. The number of aromatic nitrogens is 4. The van der Waals surface area contributed by atoms with E-state index in [-0.39, 0.29) is 5.56 Å². The van der Waals surface area contributed by atoms with Gasteiger partial charge in [-0.1, -0.05) is 47.7 Å². The second kappa shape index (κ2) is 9.23. The fourth-order valence-corrected chi connectivity index (χ4v) is 4.65. The quantitative estimate of drug-likeness (QED) is 0.250. The Bertz CT molecular complexity index is 1540. The maximum Gasteiger partial charge on any atom is 0.267 e. The van der Waals surface area contributed by atoms with Gasteiger partial charge in [-0.2, -0.15) is 0 Å². The normalized spacial score (nSPS) is 11.3. The molecule has 0 fully saturated rings. The number of rotatable bonds is 7. The molecule has 0 N–H and O–H groups in total. The molecule has 5 rings (SSSR count). The Morgan fingerprint density at radius 1 is 0.941 bits per heavy atom. The highest BCUT2D eigenvalue weighted by Crippen LogP contribution is 2.28. The minimum absolute atomic E-state index is 0.168. The summed E-state index contributed by atoms with van der Waals surface area (Å²) < 4.78 is 14.9. The molecule has 0 saturated carbocycles. The topological polar surface area (TPSA) is 70.7 Å². The zero-order chi connectivity index (χ0) is 23.7. The number of fused-ring (bicyclic) bond motifs is 3. The first-order chi connectivity index (χ1) is 16.6. The van der Waals surface area contributed by atoms with Crippen LogP contribution in [0.15, 0.2) is 76.7 Å². The molecular formula is C26H24N4O3S. The van der Waals surface area contributed by atoms with Gasteiger partial charge in [0.15, 0.2) is 5.16 Å². The number of benzene rings is 3. The molecule has 5 aromatic rings. The van der Waals surface area contributed by atoms with Crippen LogP contribution >= 0.6 is 11.8 Å². The number of ether oxygens (including phenoxy) is 2. The lowest BCUT2D eigenvalue weighted by atomic mass is 10.2. The van der Waals surface area contributed by atoms with E-state index in [0.717, 1.165) is 16.8 Å². The Kier molecular flexibility index (Phi) is 5.98. The van der Waals surface area contributed by atoms with E-state index in [1.165, 1.54) is 17.3 Å². The van der Waals surface area contributed by atoms with Crippen molar-refractivity contribution in [2.24, 2.45) is 0 Å². The fraction of sp³-hybridized carbons (Fsp3) is 0.192. The number of hydrogen-bond donors (Lipinski definition) is 0. The second-order valence-corrected chi connectivity index (χ2v) is 9.02. The van der Waals surface area contributed by atoms with Crippen molar-refractivity contribution in [3.8, 4) is 17.2 Å². The van der Waals surface area contributed by atoms with E-state index in [9.17, 15) is 4.79 Å². The lowest BCUT2D eigenvalue weighted by Crippen LogP contribution is -2.22. The van der Waals surface area contributed by atoms with Gasteiger partial charge >= 0.3 is 0 Å². The Balaban J connectivity index is 1.56. The number of hydrogen-bond acceptors (Lipinski definition) is 6. The van der Waals surface area contributed by atoms with Crippen molar-refractivity contribution in [1.29, 1.82) is 0 Å². The molecule has 0 aliphatic rings. The highest BCUT2D eigenvalue weighted by Gasteiger charge is 2.20. The Morgan fingerprint density at radius 3 is 2.50 bits per heavy atom. The van der Waals surface area contributed by atoms with Gasteiger partial charge in [0, 0.05) is 5.75 Å². The summed E-state index contributed by atoms with van der Waals surface area (Å²) in [5, 5.41) is 10.1. The van der Waals surface area contributed by atoms with Crippen LogP contribution in [0.5, 0.6) is 11.5 Å². The molecule has 0 atom stereocenters. The Morgan fingerprint density at radius 2 is 1.71 bits per heavy atom. The third kappa shape index (κ3) is 4.01. The van der Waals surface area contributed by atoms with Gasteiger partial charge in [-0.25, -0.2) is 4.57 Å². The molecule has 0 aliphatic carbocycles. The zero-order valence-electron chi connectivity index (χ0n) is 19.2. The third-order valence-electron chi connectivity index (χ3n) is 5.57. The van der Waals surface area contributed by atoms with E-state index in [4.69, 9.17) is 9.47 Å². The number of methoxy groups -OCH3 is 1. The minimum Gasteiger partial charge on any atom is -0.495 e. The van der Waals surface area contributed by atoms with Crippen LogP contribution in [0.4, 0.5) is 0 Å². The molecule has 0 bridgehead atoms. The highest BCUT2D eigenvalue weighted by molar-refractivity contribution is 7.99. The molecule has 172 valence electrons. The molecule has 0 radical (unpaired) electrons. The summed E-state index contributed by atoms with van der Waals surface area (Å²) in [4.78, 5) is 13.6. The summed E-state index contributed by atoms with van der Waals surface area (Å²) >= 11 is 1.53. The van der Waals surface area contributed by atoms with Crippen LogP contribution in [0.2, 0.25) is 0 Å². The maximum atomic E-state index is 13.6. The van der Waals surface area contributed by atoms with Crippen LogP contribution < -0.4 is 15.0 Å². The van der Waals surface area contributed by atoms with E-state index >= 15 is 0 Å². The number of para-hydroxylation sites is 1. The molecule has 0 saturated heterocycles. The van der Waals surface area contributed by atoms with Gasteiger partial charge < -0.3 is 9.47 Å². The van der Waals surface area contributed by atoms with E-state index in [1.54, 1.807) is 11.7 Å². The number of thioether (sulfide) groups is 1. The van der Waals surface area contributed by atoms with Gasteiger partial charge in [0.2, 0.25) is 5.78 Å². The molecule has 0 aliphatic heterocycles. The van der Waals surface area contributed by atoms with Crippen LogP contribution in [0.3, 0.4) is 0 Å². The monoisotopic (exact) mass is 472 g/mol. The first-order valence-corrected chi connectivity index (χ1v) is 11.9. The van der Waals surface area contributed by atoms with Gasteiger partial charge in [0.25, 0.3) is 5.56 Å². The summed E-state index contributed by atoms with van der Waals surface area (Å²) in [6, 6.07) is 21.2. The molecule has 0 spiro atoms. The molecule has 0 unspecified atom stereocenters. The predicted molar refractivity (Wildman–Crippen MR) is 135 cm³/mol. The van der Waals surface area contributed by atoms with Crippen molar-refractivity contribution in [2.75, 3.05) is 19.5 Å². The Labute approximate surface area is 201 Å². The van der Waals surface area contributed by atoms with E-state index in [1.807, 2.05) is 85.0 Å². The molecule has 34 heavy (non-hydrogen) atoms. The largest absolute Gasteiger partial charge is 0.495 e. The van der Waals surface area contributed by atoms with Crippen molar-refractivity contribution in [1.82, 2.24) is 19.2 Å². The van der Waals surface area contributed by atoms with Crippen LogP contribution in [0.1, 0.15) is 11.1 Å². The summed E-state index contributed by atoms with van der Waals surface area (Å²) in [5.74, 6) is 2.54. The van der Waals surface area contributed by atoms with E-state index in [0.29, 0.717) is 40.1 Å². The first-order valence-electron chi connectivity index (χ1n) is 10.9. The van der Waals surface area contributed by atoms with E-state index in [2.05, 4.69) is 10.2 Å². The van der Waals surface area contributed by atoms with Crippen molar-refractivity contribution < 1.29 is 9.47 Å². The summed E-state index contributed by atoms with van der Waals surface area (Å²) in [7, 11) is 1.59. The van der Waals surface area contributed by atoms with Crippen molar-refractivity contribution in [2.45, 2.75) is 19.0 Å². The molecule has 2 aromatic heterocycles. The van der Waals surface area contributed by atoms with Gasteiger partial charge in [0.05, 0.1) is 30.3 Å². The van der Waals surface area contributed by atoms with Gasteiger partial charge in [-0.3, -0.25) is 9.20 Å². The molecule has 8 heteroatoms. The van der Waals surface area contributed by atoms with Crippen molar-refractivity contribution >= 4 is 28.4 Å². The summed E-state index contributed by atoms with van der Waals surface area (Å²) in [6.45, 7) is 4.55. The molecule has 0 amide bonds. The average Bonchev–Trinajstić information content (AvgIpc) is 3.27. The average molecular weight is 473 g/mol. The lowest BCUT2D eigenvalue weighted by Gasteiger charge is -2.14. The van der Waals surface area contributed by atoms with Crippen LogP contribution in [-0.2, 0) is 0 Å². The van der Waals surface area contributed by atoms with Gasteiger partial charge in [0.1, 0.15) is 11.5 Å². The van der Waals surface area contributed by atoms with Crippen molar-refractivity contribution in [3.05, 3.63) is 88.2 Å². The van der Waals surface area contributed by atoms with Crippen LogP contribution in [-0.4, -0.2) is 38.6 Å². The maximum absolute atomic E-state index is 13.6. The lowest BCUT2D eigenvalue weighted by molar-refractivity contribution is 0.344. The molecular weight excluding hydrogens is 448 g/mol. The predicted octanol–water partition coefficient (Wildman–Crippen LogP) is 4.83. The van der Waals surface area contributed by atoms with E-state index < -0.39 is 0 Å². The smallest absolute Gasteiger partial charge is 0.267 e. The standard InChI is InChI=1S/C26H24N4O3S/c1-17-8-11-19(12-9-17)33-14-15-34-26-28-27-25-29(22-16-18(2)10-13-23(22)32-3)24(31)20-6-4-5-7-21(20)30(25)26/h4-13,16H,14-15H2,1-3H3. The molecule has 7 nitrogen and oxygen atoms in total. The van der Waals surface area contributed by atoms with Crippen LogP contribution in [0.25, 0.3) is 22.4 Å². The summed E-state index contributed by atoms with van der Waals surface area (Å²) in [5.41, 5.74) is 3.43. The van der Waals surface area contributed by atoms with Gasteiger partial charge in [-0.15, -0.1) is 10.2 Å². The first kappa shape index (κ1) is 22.0. The fourth-order valence-electron chi connectivity index (χ4n) is 3.89. The molecule has 2 heterocycles. The summed E-state index contributed by atoms with van der Waals surface area (Å²) in [6.07, 6.45) is 0. The minimum atomic E-state index is -0.168. The third-order valence-corrected chi connectivity index (χ3v) is 6.47.